The maximum atomic E-state index is 13.3. The van der Waals surface area contributed by atoms with Gasteiger partial charge in [0, 0.05) is 22.3 Å². The predicted octanol–water partition coefficient (Wildman–Crippen LogP) is 5.52. The molecule has 3 aromatic carbocycles. The fourth-order valence-corrected chi connectivity index (χ4v) is 5.06. The van der Waals surface area contributed by atoms with Gasteiger partial charge in [0.05, 0.1) is 12.8 Å². The molecule has 0 saturated heterocycles. The Morgan fingerprint density at radius 3 is 2.56 bits per heavy atom. The second kappa shape index (κ2) is 9.49. The molecule has 1 aliphatic rings. The summed E-state index contributed by atoms with van der Waals surface area (Å²) in [6.07, 6.45) is 0.308. The van der Waals surface area contributed by atoms with Crippen LogP contribution >= 0.6 is 11.8 Å². The van der Waals surface area contributed by atoms with Crippen molar-refractivity contribution in [3.63, 3.8) is 0 Å². The monoisotopic (exact) mass is 446 g/mol. The van der Waals surface area contributed by atoms with E-state index in [2.05, 4.69) is 5.32 Å². The third-order valence-corrected chi connectivity index (χ3v) is 7.08. The minimum absolute atomic E-state index is 0.0286. The fraction of sp³-hybridized carbons (Fsp3) is 0.231. The number of benzene rings is 3. The van der Waals surface area contributed by atoms with Crippen LogP contribution in [0.4, 0.5) is 11.4 Å². The zero-order valence-electron chi connectivity index (χ0n) is 18.4. The molecule has 1 heterocycles. The highest BCUT2D eigenvalue weighted by molar-refractivity contribution is 7.99. The zero-order chi connectivity index (χ0) is 22.7. The van der Waals surface area contributed by atoms with E-state index < -0.39 is 0 Å². The van der Waals surface area contributed by atoms with Crippen LogP contribution in [0.1, 0.15) is 28.4 Å². The lowest BCUT2D eigenvalue weighted by Gasteiger charge is -2.22. The maximum Gasteiger partial charge on any atom is 0.244 e. The number of carbonyl (C=O) groups excluding carboxylic acids is 2. The number of amides is 2. The average molecular weight is 447 g/mol. The number of nitrogens with zero attached hydrogens (tertiary/aromatic N) is 1. The van der Waals surface area contributed by atoms with Crippen LogP contribution in [-0.4, -0.2) is 25.5 Å². The van der Waals surface area contributed by atoms with Crippen molar-refractivity contribution in [1.82, 2.24) is 0 Å². The highest BCUT2D eigenvalue weighted by Gasteiger charge is 2.30. The van der Waals surface area contributed by atoms with Gasteiger partial charge in [0.25, 0.3) is 0 Å². The Balaban J connectivity index is 1.58. The molecule has 3 aromatic rings. The van der Waals surface area contributed by atoms with Crippen LogP contribution in [0.3, 0.4) is 0 Å². The lowest BCUT2D eigenvalue weighted by molar-refractivity contribution is -0.121. The van der Waals surface area contributed by atoms with Crippen LogP contribution in [0.25, 0.3) is 0 Å². The van der Waals surface area contributed by atoms with Gasteiger partial charge < -0.3 is 15.0 Å². The molecule has 164 valence electrons. The molecule has 5 nitrogen and oxygen atoms in total. The van der Waals surface area contributed by atoms with Crippen molar-refractivity contribution in [2.45, 2.75) is 30.4 Å². The van der Waals surface area contributed by atoms with E-state index >= 15 is 0 Å². The number of ether oxygens (including phenoxy) is 1. The van der Waals surface area contributed by atoms with Gasteiger partial charge >= 0.3 is 0 Å². The quantitative estimate of drug-likeness (QED) is 0.561. The number of hydrogen-bond acceptors (Lipinski definition) is 4. The number of thioether (sulfide) groups is 1. The molecule has 1 aliphatic heterocycles. The molecule has 4 rings (SSSR count). The number of para-hydroxylation sites is 1. The van der Waals surface area contributed by atoms with Gasteiger partial charge in [-0.15, -0.1) is 11.8 Å². The van der Waals surface area contributed by atoms with Gasteiger partial charge in [-0.3, -0.25) is 9.59 Å². The Labute approximate surface area is 192 Å². The molecule has 0 radical (unpaired) electrons. The standard InChI is InChI=1S/C26H26N2O3S/c1-17-7-6-8-21(18(17)2)27-25(29)16-28-22-9-4-5-10-23(22)32-24(15-26(28)30)19-11-13-20(31-3)14-12-19/h4-14,24H,15-16H2,1-3H3,(H,27,29). The van der Waals surface area contributed by atoms with Crippen LogP contribution in [0.2, 0.25) is 0 Å². The van der Waals surface area contributed by atoms with Gasteiger partial charge in [-0.05, 0) is 60.9 Å². The van der Waals surface area contributed by atoms with Crippen molar-refractivity contribution in [3.8, 4) is 5.75 Å². The van der Waals surface area contributed by atoms with Gasteiger partial charge in [-0.1, -0.05) is 36.4 Å². The van der Waals surface area contributed by atoms with E-state index in [1.165, 1.54) is 0 Å². The number of anilines is 2. The van der Waals surface area contributed by atoms with E-state index in [1.54, 1.807) is 23.8 Å². The Bertz CT molecular complexity index is 1140. The summed E-state index contributed by atoms with van der Waals surface area (Å²) in [5.74, 6) is 0.498. The minimum atomic E-state index is -0.213. The van der Waals surface area contributed by atoms with Gasteiger partial charge in [0.1, 0.15) is 12.3 Å². The first kappa shape index (κ1) is 22.0. The molecular formula is C26H26N2O3S. The highest BCUT2D eigenvalue weighted by Crippen LogP contribution is 2.45. The van der Waals surface area contributed by atoms with Crippen molar-refractivity contribution in [2.75, 3.05) is 23.9 Å². The summed E-state index contributed by atoms with van der Waals surface area (Å²) in [5, 5.41) is 2.93. The molecule has 0 aliphatic carbocycles. The predicted molar refractivity (Wildman–Crippen MR) is 130 cm³/mol. The second-order valence-corrected chi connectivity index (χ2v) is 9.07. The number of aryl methyl sites for hydroxylation is 1. The van der Waals surface area contributed by atoms with E-state index in [-0.39, 0.29) is 23.6 Å². The van der Waals surface area contributed by atoms with Crippen LogP contribution in [-0.2, 0) is 9.59 Å². The SMILES string of the molecule is COc1ccc(C2CC(=O)N(CC(=O)Nc3cccc(C)c3C)c3ccccc3S2)cc1. The highest BCUT2D eigenvalue weighted by atomic mass is 32.2. The first-order valence-corrected chi connectivity index (χ1v) is 11.4. The number of nitrogens with one attached hydrogen (secondary N) is 1. The number of methoxy groups -OCH3 is 1. The Kier molecular flexibility index (Phi) is 6.51. The molecule has 1 unspecified atom stereocenters. The first-order valence-electron chi connectivity index (χ1n) is 10.5. The summed E-state index contributed by atoms with van der Waals surface area (Å²) in [4.78, 5) is 28.8. The largest absolute Gasteiger partial charge is 0.497 e. The Morgan fingerprint density at radius 2 is 1.81 bits per heavy atom. The van der Waals surface area contributed by atoms with Crippen LogP contribution in [0.15, 0.2) is 71.6 Å². The molecule has 1 N–H and O–H groups in total. The van der Waals surface area contributed by atoms with Gasteiger partial charge in [0.2, 0.25) is 11.8 Å². The molecule has 2 amide bonds. The fourth-order valence-electron chi connectivity index (χ4n) is 3.78. The van der Waals surface area contributed by atoms with Crippen molar-refractivity contribution >= 4 is 35.0 Å². The van der Waals surface area contributed by atoms with Crippen molar-refractivity contribution in [3.05, 3.63) is 83.4 Å². The van der Waals surface area contributed by atoms with Gasteiger partial charge in [0.15, 0.2) is 0 Å². The molecular weight excluding hydrogens is 420 g/mol. The molecule has 0 saturated carbocycles. The number of hydrogen-bond donors (Lipinski definition) is 1. The van der Waals surface area contributed by atoms with Crippen molar-refractivity contribution < 1.29 is 14.3 Å². The summed E-state index contributed by atoms with van der Waals surface area (Å²) in [5.41, 5.74) is 4.74. The van der Waals surface area contributed by atoms with E-state index in [0.29, 0.717) is 6.42 Å². The summed E-state index contributed by atoms with van der Waals surface area (Å²) in [7, 11) is 1.64. The average Bonchev–Trinajstić information content (AvgIpc) is 2.93. The smallest absolute Gasteiger partial charge is 0.244 e. The molecule has 32 heavy (non-hydrogen) atoms. The molecule has 1 atom stereocenters. The van der Waals surface area contributed by atoms with Crippen molar-refractivity contribution in [2.24, 2.45) is 0 Å². The molecule has 0 spiro atoms. The molecule has 0 fully saturated rings. The Hall–Kier alpha value is -3.25. The zero-order valence-corrected chi connectivity index (χ0v) is 19.2. The normalized spacial score (nSPS) is 15.7. The minimum Gasteiger partial charge on any atom is -0.497 e. The lowest BCUT2D eigenvalue weighted by Crippen LogP contribution is -2.38. The number of fused-ring (bicyclic) bond motifs is 1. The lowest BCUT2D eigenvalue weighted by atomic mass is 10.1. The van der Waals surface area contributed by atoms with Crippen LogP contribution in [0.5, 0.6) is 5.75 Å². The van der Waals surface area contributed by atoms with Gasteiger partial charge in [-0.2, -0.15) is 0 Å². The third-order valence-electron chi connectivity index (χ3n) is 5.75. The van der Waals surface area contributed by atoms with Crippen LogP contribution < -0.4 is 15.0 Å². The topological polar surface area (TPSA) is 58.6 Å². The van der Waals surface area contributed by atoms with Gasteiger partial charge in [-0.25, -0.2) is 0 Å². The third kappa shape index (κ3) is 4.65. The molecule has 0 aromatic heterocycles. The second-order valence-electron chi connectivity index (χ2n) is 7.83. The maximum absolute atomic E-state index is 13.3. The van der Waals surface area contributed by atoms with E-state index in [0.717, 1.165) is 38.7 Å². The van der Waals surface area contributed by atoms with Crippen LogP contribution in [0, 0.1) is 13.8 Å². The summed E-state index contributed by atoms with van der Waals surface area (Å²) in [6.45, 7) is 3.96. The summed E-state index contributed by atoms with van der Waals surface area (Å²) in [6, 6.07) is 21.4. The van der Waals surface area contributed by atoms with Crippen molar-refractivity contribution in [1.29, 1.82) is 0 Å². The summed E-state index contributed by atoms with van der Waals surface area (Å²) >= 11 is 1.65. The Morgan fingerprint density at radius 1 is 1.06 bits per heavy atom. The number of rotatable bonds is 5. The molecule has 0 bridgehead atoms. The number of carbonyl (C=O) groups is 2. The molecule has 6 heteroatoms. The van der Waals surface area contributed by atoms with E-state index in [1.807, 2.05) is 80.6 Å². The van der Waals surface area contributed by atoms with E-state index in [9.17, 15) is 9.59 Å². The van der Waals surface area contributed by atoms with E-state index in [4.69, 9.17) is 4.74 Å². The summed E-state index contributed by atoms with van der Waals surface area (Å²) < 4.78 is 5.26. The first-order chi connectivity index (χ1) is 15.5.